The van der Waals surface area contributed by atoms with Crippen molar-refractivity contribution >= 4 is 23.2 Å². The van der Waals surface area contributed by atoms with E-state index in [1.807, 2.05) is 45.7 Å². The van der Waals surface area contributed by atoms with Crippen molar-refractivity contribution in [2.24, 2.45) is 11.8 Å². The third-order valence-electron chi connectivity index (χ3n) is 4.99. The lowest BCUT2D eigenvalue weighted by Gasteiger charge is -2.21. The third-order valence-corrected chi connectivity index (χ3v) is 5.67. The predicted octanol–water partition coefficient (Wildman–Crippen LogP) is 2.30. The molecule has 2 aliphatic rings. The van der Waals surface area contributed by atoms with E-state index in [1.165, 1.54) is 0 Å². The Hall–Kier alpha value is -2.21. The van der Waals surface area contributed by atoms with Crippen LogP contribution in [0.15, 0.2) is 35.2 Å². The van der Waals surface area contributed by atoms with Crippen LogP contribution >= 0.6 is 11.3 Å². The third kappa shape index (κ3) is 2.71. The molecule has 0 aliphatic carbocycles. The molecule has 2 amide bonds. The van der Waals surface area contributed by atoms with Crippen LogP contribution in [0.4, 0.5) is 0 Å². The smallest absolute Gasteiger partial charge is 0.255 e. The van der Waals surface area contributed by atoms with Crippen LogP contribution < -0.4 is 0 Å². The van der Waals surface area contributed by atoms with Gasteiger partial charge in [0, 0.05) is 55.3 Å². The molecule has 2 saturated heterocycles. The maximum atomic E-state index is 12.6. The van der Waals surface area contributed by atoms with Gasteiger partial charge in [-0.25, -0.2) is 0 Å². The zero-order valence-corrected chi connectivity index (χ0v) is 14.3. The van der Waals surface area contributed by atoms with Crippen molar-refractivity contribution in [1.82, 2.24) is 14.8 Å². The molecule has 0 aromatic carbocycles. The Labute approximate surface area is 144 Å². The summed E-state index contributed by atoms with van der Waals surface area (Å²) in [5, 5.41) is 3.83. The van der Waals surface area contributed by atoms with Crippen molar-refractivity contribution in [2.45, 2.75) is 6.92 Å². The molecule has 0 radical (unpaired) electrons. The minimum Gasteiger partial charge on any atom is -0.338 e. The normalized spacial score (nSPS) is 22.7. The summed E-state index contributed by atoms with van der Waals surface area (Å²) in [6.07, 6.45) is 1.65. The fourth-order valence-corrected chi connectivity index (χ4v) is 4.30. The fraction of sp³-hybridized carbons (Fsp3) is 0.389. The van der Waals surface area contributed by atoms with Crippen LogP contribution in [0.1, 0.15) is 26.4 Å². The molecule has 0 bridgehead atoms. The number of pyridine rings is 1. The first-order valence-corrected chi connectivity index (χ1v) is 9.09. The molecular formula is C18H19N3O2S. The van der Waals surface area contributed by atoms with Gasteiger partial charge < -0.3 is 9.80 Å². The van der Waals surface area contributed by atoms with Gasteiger partial charge >= 0.3 is 0 Å². The van der Waals surface area contributed by atoms with Crippen LogP contribution in [0.25, 0.3) is 0 Å². The molecule has 4 rings (SSSR count). The van der Waals surface area contributed by atoms with Crippen molar-refractivity contribution < 1.29 is 9.59 Å². The number of nitrogens with zero attached hydrogens (tertiary/aromatic N) is 3. The quantitative estimate of drug-likeness (QED) is 0.842. The fourth-order valence-electron chi connectivity index (χ4n) is 3.67. The maximum Gasteiger partial charge on any atom is 0.255 e. The average molecular weight is 341 g/mol. The molecule has 0 spiro atoms. The second-order valence-corrected chi connectivity index (χ2v) is 7.42. The monoisotopic (exact) mass is 341 g/mol. The summed E-state index contributed by atoms with van der Waals surface area (Å²) >= 11 is 1.54. The van der Waals surface area contributed by atoms with Gasteiger partial charge in [0.2, 0.25) is 0 Å². The van der Waals surface area contributed by atoms with Gasteiger partial charge in [0.05, 0.1) is 11.1 Å². The highest BCUT2D eigenvalue weighted by Crippen LogP contribution is 2.32. The number of carbonyl (C=O) groups excluding carboxylic acids is 2. The topological polar surface area (TPSA) is 53.5 Å². The van der Waals surface area contributed by atoms with E-state index in [1.54, 1.807) is 17.5 Å². The van der Waals surface area contributed by atoms with Crippen LogP contribution in [-0.2, 0) is 0 Å². The van der Waals surface area contributed by atoms with E-state index in [-0.39, 0.29) is 11.8 Å². The lowest BCUT2D eigenvalue weighted by atomic mass is 10.0. The molecule has 0 saturated carbocycles. The number of fused-ring (bicyclic) bond motifs is 1. The summed E-state index contributed by atoms with van der Waals surface area (Å²) in [6.45, 7) is 4.85. The Morgan fingerprint density at radius 1 is 1.00 bits per heavy atom. The maximum absolute atomic E-state index is 12.6. The van der Waals surface area contributed by atoms with Crippen LogP contribution in [0.2, 0.25) is 0 Å². The van der Waals surface area contributed by atoms with Crippen molar-refractivity contribution in [2.75, 3.05) is 26.2 Å². The number of carbonyl (C=O) groups is 2. The van der Waals surface area contributed by atoms with Gasteiger partial charge in [0.1, 0.15) is 0 Å². The van der Waals surface area contributed by atoms with Crippen molar-refractivity contribution in [3.63, 3.8) is 0 Å². The highest BCUT2D eigenvalue weighted by Gasteiger charge is 2.43. The van der Waals surface area contributed by atoms with Crippen molar-refractivity contribution in [3.05, 3.63) is 52.0 Å². The van der Waals surface area contributed by atoms with Crippen molar-refractivity contribution in [1.29, 1.82) is 0 Å². The summed E-state index contributed by atoms with van der Waals surface area (Å²) in [5.41, 5.74) is 2.33. The van der Waals surface area contributed by atoms with E-state index < -0.39 is 0 Å². The number of aromatic nitrogens is 1. The minimum atomic E-state index is 0.0487. The second-order valence-electron chi connectivity index (χ2n) is 6.64. The zero-order valence-electron chi connectivity index (χ0n) is 13.5. The first-order valence-electron chi connectivity index (χ1n) is 8.15. The molecule has 124 valence electrons. The first kappa shape index (κ1) is 15.3. The first-order chi connectivity index (χ1) is 11.6. The van der Waals surface area contributed by atoms with Crippen LogP contribution in [0.5, 0.6) is 0 Å². The number of aryl methyl sites for hydroxylation is 1. The molecule has 2 aromatic heterocycles. The summed E-state index contributed by atoms with van der Waals surface area (Å²) < 4.78 is 0. The van der Waals surface area contributed by atoms with Gasteiger partial charge in [-0.1, -0.05) is 0 Å². The Balaban J connectivity index is 1.40. The van der Waals surface area contributed by atoms with Gasteiger partial charge in [-0.15, -0.1) is 0 Å². The van der Waals surface area contributed by atoms with E-state index in [0.29, 0.717) is 17.4 Å². The SMILES string of the molecule is Cc1ccc(C(=O)N2CC3CN(C(=O)c4ccsc4)CC3C2)cn1. The number of amides is 2. The number of thiophene rings is 1. The second kappa shape index (κ2) is 6.02. The van der Waals surface area contributed by atoms with Gasteiger partial charge in [-0.05, 0) is 30.5 Å². The lowest BCUT2D eigenvalue weighted by molar-refractivity contribution is 0.0738. The summed E-state index contributed by atoms with van der Waals surface area (Å²) in [7, 11) is 0. The predicted molar refractivity (Wildman–Crippen MR) is 92.1 cm³/mol. The van der Waals surface area contributed by atoms with Gasteiger partial charge in [0.15, 0.2) is 0 Å². The zero-order chi connectivity index (χ0) is 16.7. The van der Waals surface area contributed by atoms with Crippen LogP contribution in [0.3, 0.4) is 0 Å². The number of hydrogen-bond donors (Lipinski definition) is 0. The molecule has 2 aromatic rings. The van der Waals surface area contributed by atoms with E-state index >= 15 is 0 Å². The highest BCUT2D eigenvalue weighted by molar-refractivity contribution is 7.08. The molecular weight excluding hydrogens is 322 g/mol. The van der Waals surface area contributed by atoms with Crippen LogP contribution in [-0.4, -0.2) is 52.8 Å². The molecule has 0 N–H and O–H groups in total. The standard InChI is InChI=1S/C18H19N3O2S/c1-12-2-3-13(6-19-12)17(22)20-7-15-9-21(10-16(15)8-20)18(23)14-4-5-24-11-14/h2-6,11,15-16H,7-10H2,1H3. The highest BCUT2D eigenvalue weighted by atomic mass is 32.1. The lowest BCUT2D eigenvalue weighted by Crippen LogP contribution is -2.35. The molecule has 2 fully saturated rings. The van der Waals surface area contributed by atoms with E-state index in [9.17, 15) is 9.59 Å². The largest absolute Gasteiger partial charge is 0.338 e. The molecule has 2 atom stereocenters. The molecule has 2 aliphatic heterocycles. The van der Waals surface area contributed by atoms with Gasteiger partial charge in [-0.3, -0.25) is 14.6 Å². The van der Waals surface area contributed by atoms with E-state index in [2.05, 4.69) is 4.98 Å². The van der Waals surface area contributed by atoms with E-state index in [0.717, 1.165) is 37.4 Å². The Morgan fingerprint density at radius 2 is 1.62 bits per heavy atom. The number of rotatable bonds is 2. The Bertz CT molecular complexity index is 743. The number of hydrogen-bond acceptors (Lipinski definition) is 4. The minimum absolute atomic E-state index is 0.0487. The van der Waals surface area contributed by atoms with Crippen molar-refractivity contribution in [3.8, 4) is 0 Å². The Kier molecular flexibility index (Phi) is 3.84. The average Bonchev–Trinajstić information content (AvgIpc) is 3.30. The molecule has 5 nitrogen and oxygen atoms in total. The molecule has 6 heteroatoms. The summed E-state index contributed by atoms with van der Waals surface area (Å²) in [5.74, 6) is 0.934. The molecule has 24 heavy (non-hydrogen) atoms. The van der Waals surface area contributed by atoms with Crippen LogP contribution in [0, 0.1) is 18.8 Å². The van der Waals surface area contributed by atoms with E-state index in [4.69, 9.17) is 0 Å². The summed E-state index contributed by atoms with van der Waals surface area (Å²) in [6, 6.07) is 5.58. The summed E-state index contributed by atoms with van der Waals surface area (Å²) in [4.78, 5) is 33.1. The van der Waals surface area contributed by atoms with Gasteiger partial charge in [0.25, 0.3) is 11.8 Å². The van der Waals surface area contributed by atoms with Gasteiger partial charge in [-0.2, -0.15) is 11.3 Å². The molecule has 2 unspecified atom stereocenters. The Morgan fingerprint density at radius 3 is 2.12 bits per heavy atom. The molecule has 4 heterocycles. The number of likely N-dealkylation sites (tertiary alicyclic amines) is 2.